The number of rotatable bonds is 3. The smallest absolute Gasteiger partial charge is 0.122 e. The predicted octanol–water partition coefficient (Wildman–Crippen LogP) is 2.06. The molecule has 0 fully saturated rings. The van der Waals surface area contributed by atoms with E-state index in [9.17, 15) is 0 Å². The summed E-state index contributed by atoms with van der Waals surface area (Å²) in [6.45, 7) is 6.08. The van der Waals surface area contributed by atoms with Crippen molar-refractivity contribution < 1.29 is 9.84 Å². The molecule has 1 rings (SSSR count). The number of ether oxygens (including phenoxy) is 1. The number of aryl methyl sites for hydroxylation is 2. The van der Waals surface area contributed by atoms with Crippen molar-refractivity contribution in [2.24, 2.45) is 0 Å². The van der Waals surface area contributed by atoms with Gasteiger partial charge in [-0.25, -0.2) is 0 Å². The van der Waals surface area contributed by atoms with Crippen molar-refractivity contribution in [3.05, 3.63) is 29.3 Å². The molecular formula is C11H16O2. The van der Waals surface area contributed by atoms with Gasteiger partial charge in [0, 0.05) is 0 Å². The van der Waals surface area contributed by atoms with Gasteiger partial charge in [0.05, 0.1) is 6.10 Å². The Morgan fingerprint density at radius 2 is 2.08 bits per heavy atom. The first-order valence-corrected chi connectivity index (χ1v) is 4.47. The van der Waals surface area contributed by atoms with Crippen LogP contribution in [0.2, 0.25) is 0 Å². The average Bonchev–Trinajstić information content (AvgIpc) is 2.06. The lowest BCUT2D eigenvalue weighted by molar-refractivity contribution is 0.122. The molecule has 1 aromatic carbocycles. The Hall–Kier alpha value is -1.02. The molecule has 0 bridgehead atoms. The molecule has 0 saturated carbocycles. The van der Waals surface area contributed by atoms with E-state index < -0.39 is 6.10 Å². The van der Waals surface area contributed by atoms with Crippen LogP contribution in [0.15, 0.2) is 18.2 Å². The van der Waals surface area contributed by atoms with Crippen LogP contribution in [-0.2, 0) is 0 Å². The van der Waals surface area contributed by atoms with E-state index >= 15 is 0 Å². The molecule has 2 heteroatoms. The zero-order chi connectivity index (χ0) is 9.84. The van der Waals surface area contributed by atoms with E-state index in [1.54, 1.807) is 6.92 Å². The van der Waals surface area contributed by atoms with Crippen molar-refractivity contribution in [1.29, 1.82) is 0 Å². The molecule has 0 heterocycles. The van der Waals surface area contributed by atoms with Gasteiger partial charge in [-0.15, -0.1) is 0 Å². The molecule has 13 heavy (non-hydrogen) atoms. The molecule has 0 amide bonds. The fourth-order valence-electron chi connectivity index (χ4n) is 1.07. The summed E-state index contributed by atoms with van der Waals surface area (Å²) in [7, 11) is 0. The van der Waals surface area contributed by atoms with E-state index in [0.717, 1.165) is 11.3 Å². The van der Waals surface area contributed by atoms with E-state index in [4.69, 9.17) is 9.84 Å². The molecule has 1 N–H and O–H groups in total. The summed E-state index contributed by atoms with van der Waals surface area (Å²) in [5.74, 6) is 0.862. The van der Waals surface area contributed by atoms with E-state index in [0.29, 0.717) is 6.61 Å². The van der Waals surface area contributed by atoms with Crippen molar-refractivity contribution in [3.8, 4) is 5.75 Å². The summed E-state index contributed by atoms with van der Waals surface area (Å²) >= 11 is 0. The largest absolute Gasteiger partial charge is 0.491 e. The van der Waals surface area contributed by atoms with Crippen LogP contribution in [-0.4, -0.2) is 17.8 Å². The molecule has 0 radical (unpaired) electrons. The van der Waals surface area contributed by atoms with Gasteiger partial charge in [0.1, 0.15) is 12.4 Å². The summed E-state index contributed by atoms with van der Waals surface area (Å²) in [5.41, 5.74) is 2.28. The third-order valence-electron chi connectivity index (χ3n) is 1.82. The first-order chi connectivity index (χ1) is 6.09. The van der Waals surface area contributed by atoms with Crippen molar-refractivity contribution in [1.82, 2.24) is 0 Å². The van der Waals surface area contributed by atoms with Crippen LogP contribution in [0.1, 0.15) is 18.1 Å². The topological polar surface area (TPSA) is 29.5 Å². The molecule has 0 aliphatic rings. The highest BCUT2D eigenvalue weighted by atomic mass is 16.5. The summed E-state index contributed by atoms with van der Waals surface area (Å²) in [6.07, 6.45) is -0.417. The van der Waals surface area contributed by atoms with Crippen molar-refractivity contribution in [2.75, 3.05) is 6.61 Å². The third-order valence-corrected chi connectivity index (χ3v) is 1.82. The number of benzene rings is 1. The maximum absolute atomic E-state index is 9.05. The zero-order valence-corrected chi connectivity index (χ0v) is 8.37. The molecule has 72 valence electrons. The highest BCUT2D eigenvalue weighted by molar-refractivity contribution is 5.35. The molecule has 1 atom stereocenters. The highest BCUT2D eigenvalue weighted by Gasteiger charge is 2.01. The maximum atomic E-state index is 9.05. The van der Waals surface area contributed by atoms with Crippen LogP contribution >= 0.6 is 0 Å². The van der Waals surface area contributed by atoms with Gasteiger partial charge in [-0.05, 0) is 38.0 Å². The van der Waals surface area contributed by atoms with Crippen molar-refractivity contribution >= 4 is 0 Å². The standard InChI is InChI=1S/C11H16O2/c1-8-4-5-9(2)11(6-8)13-7-10(3)12/h4-6,10,12H,7H2,1-3H3. The van der Waals surface area contributed by atoms with Crippen molar-refractivity contribution in [2.45, 2.75) is 26.9 Å². The molecule has 0 aliphatic carbocycles. The lowest BCUT2D eigenvalue weighted by Crippen LogP contribution is -2.13. The monoisotopic (exact) mass is 180 g/mol. The lowest BCUT2D eigenvalue weighted by Gasteiger charge is -2.10. The molecule has 0 aliphatic heterocycles. The Balaban J connectivity index is 2.70. The van der Waals surface area contributed by atoms with E-state index in [1.165, 1.54) is 5.56 Å². The number of hydrogen-bond acceptors (Lipinski definition) is 2. The SMILES string of the molecule is Cc1ccc(C)c(OCC(C)O)c1. The van der Waals surface area contributed by atoms with Crippen molar-refractivity contribution in [3.63, 3.8) is 0 Å². The second kappa shape index (κ2) is 4.28. The number of aliphatic hydroxyl groups is 1. The van der Waals surface area contributed by atoms with Crippen LogP contribution in [0.4, 0.5) is 0 Å². The Bertz CT molecular complexity index is 279. The van der Waals surface area contributed by atoms with Gasteiger partial charge in [0.25, 0.3) is 0 Å². The fourth-order valence-corrected chi connectivity index (χ4v) is 1.07. The van der Waals surface area contributed by atoms with Crippen LogP contribution in [0.5, 0.6) is 5.75 Å². The molecule has 1 unspecified atom stereocenters. The minimum Gasteiger partial charge on any atom is -0.491 e. The second-order valence-corrected chi connectivity index (χ2v) is 3.43. The first kappa shape index (κ1) is 10.1. The predicted molar refractivity (Wildman–Crippen MR) is 53.1 cm³/mol. The van der Waals surface area contributed by atoms with Crippen LogP contribution < -0.4 is 4.74 Å². The zero-order valence-electron chi connectivity index (χ0n) is 8.37. The molecular weight excluding hydrogens is 164 g/mol. The Morgan fingerprint density at radius 3 is 2.69 bits per heavy atom. The average molecular weight is 180 g/mol. The number of hydrogen-bond donors (Lipinski definition) is 1. The third kappa shape index (κ3) is 3.07. The first-order valence-electron chi connectivity index (χ1n) is 4.47. The van der Waals surface area contributed by atoms with Gasteiger partial charge in [-0.2, -0.15) is 0 Å². The Morgan fingerprint density at radius 1 is 1.38 bits per heavy atom. The van der Waals surface area contributed by atoms with Gasteiger partial charge in [-0.1, -0.05) is 12.1 Å². The lowest BCUT2D eigenvalue weighted by atomic mass is 10.1. The van der Waals surface area contributed by atoms with Crippen LogP contribution in [0, 0.1) is 13.8 Å². The Kier molecular flexibility index (Phi) is 3.32. The molecule has 2 nitrogen and oxygen atoms in total. The fraction of sp³-hybridized carbons (Fsp3) is 0.455. The quantitative estimate of drug-likeness (QED) is 0.771. The summed E-state index contributed by atoms with van der Waals surface area (Å²) in [6, 6.07) is 6.05. The second-order valence-electron chi connectivity index (χ2n) is 3.43. The van der Waals surface area contributed by atoms with E-state index in [1.807, 2.05) is 32.0 Å². The summed E-state index contributed by atoms with van der Waals surface area (Å²) in [5, 5.41) is 9.05. The van der Waals surface area contributed by atoms with Crippen LogP contribution in [0.3, 0.4) is 0 Å². The summed E-state index contributed by atoms with van der Waals surface area (Å²) < 4.78 is 5.43. The summed E-state index contributed by atoms with van der Waals surface area (Å²) in [4.78, 5) is 0. The highest BCUT2D eigenvalue weighted by Crippen LogP contribution is 2.18. The van der Waals surface area contributed by atoms with Gasteiger partial charge < -0.3 is 9.84 Å². The molecule has 0 aromatic heterocycles. The Labute approximate surface area is 79.2 Å². The van der Waals surface area contributed by atoms with Gasteiger partial charge in [-0.3, -0.25) is 0 Å². The van der Waals surface area contributed by atoms with Gasteiger partial charge in [0.2, 0.25) is 0 Å². The van der Waals surface area contributed by atoms with Gasteiger partial charge >= 0.3 is 0 Å². The van der Waals surface area contributed by atoms with Crippen LogP contribution in [0.25, 0.3) is 0 Å². The molecule has 0 saturated heterocycles. The molecule has 0 spiro atoms. The van der Waals surface area contributed by atoms with E-state index in [-0.39, 0.29) is 0 Å². The van der Waals surface area contributed by atoms with E-state index in [2.05, 4.69) is 0 Å². The minimum absolute atomic E-state index is 0.351. The normalized spacial score (nSPS) is 12.6. The molecule has 1 aromatic rings. The minimum atomic E-state index is -0.417. The number of aliphatic hydroxyl groups excluding tert-OH is 1. The van der Waals surface area contributed by atoms with Gasteiger partial charge in [0.15, 0.2) is 0 Å². The maximum Gasteiger partial charge on any atom is 0.122 e.